The summed E-state index contributed by atoms with van der Waals surface area (Å²) in [7, 11) is 1.73. The van der Waals surface area contributed by atoms with Crippen LogP contribution >= 0.6 is 0 Å². The molecule has 61 heavy (non-hydrogen) atoms. The number of anilines is 2. The first-order valence-corrected chi connectivity index (χ1v) is 24.8. The summed E-state index contributed by atoms with van der Waals surface area (Å²) in [6.07, 6.45) is 4.08. The molecule has 0 radical (unpaired) electrons. The number of hydrogen-bond donors (Lipinski definition) is 1. The van der Waals surface area contributed by atoms with Crippen molar-refractivity contribution in [2.24, 2.45) is 14.1 Å². The Morgan fingerprint density at radius 3 is 2.26 bits per heavy atom. The minimum Gasteiger partial charge on any atom is -0.544 e. The average Bonchev–Trinajstić information content (AvgIpc) is 3.94. The highest BCUT2D eigenvalue weighted by atomic mass is 28.4. The Hall–Kier alpha value is -5.41. The third kappa shape index (κ3) is 7.97. The van der Waals surface area contributed by atoms with E-state index in [1.807, 2.05) is 62.8 Å². The van der Waals surface area contributed by atoms with Crippen molar-refractivity contribution in [2.75, 3.05) is 31.1 Å². The molecule has 2 aromatic heterocycles. The van der Waals surface area contributed by atoms with E-state index in [1.54, 1.807) is 11.0 Å². The molecule has 1 fully saturated rings. The maximum Gasteiger partial charge on any atom is 0.264 e. The van der Waals surface area contributed by atoms with E-state index in [2.05, 4.69) is 96.0 Å². The van der Waals surface area contributed by atoms with Crippen LogP contribution in [0.5, 0.6) is 5.75 Å². The molecule has 0 aliphatic carbocycles. The maximum atomic E-state index is 15.3. The van der Waals surface area contributed by atoms with E-state index in [0.717, 1.165) is 73.0 Å². The standard InChI is InChI=1S/C50H61N7O3Si/c1-33-43(49(59)57(46-27-40(29-51)53(6)34(46)2)39-16-18-42(19-17-39)60-61(8,9)50(3,4)5)28-47(54(33)7)44-25-36-20-21-52-30-38(36)26-45(44)48(58)56-31-37-15-11-10-14-35(37)24-41(56)32-55-22-12-13-23-55/h10-11,14-19,25-28,41,52H,12-13,20-24,30-32H2,1-9H3/t41-/m0/s1. The van der Waals surface area contributed by atoms with Crippen LogP contribution in [-0.2, 0) is 40.0 Å². The number of nitriles is 1. The summed E-state index contributed by atoms with van der Waals surface area (Å²) in [5, 5.41) is 13.6. The number of nitrogens with zero attached hydrogens (tertiary/aromatic N) is 6. The van der Waals surface area contributed by atoms with E-state index in [1.165, 1.54) is 29.5 Å². The topological polar surface area (TPSA) is 98.8 Å². The fourth-order valence-corrected chi connectivity index (χ4v) is 10.1. The van der Waals surface area contributed by atoms with Gasteiger partial charge < -0.3 is 28.7 Å². The number of carbonyl (C=O) groups is 2. The number of likely N-dealkylation sites (tertiary alicyclic amines) is 1. The highest BCUT2D eigenvalue weighted by molar-refractivity contribution is 6.74. The van der Waals surface area contributed by atoms with Crippen LogP contribution in [0.3, 0.4) is 0 Å². The molecular weight excluding hydrogens is 775 g/mol. The Kier molecular flexibility index (Phi) is 11.4. The number of benzene rings is 3. The lowest BCUT2D eigenvalue weighted by atomic mass is 9.89. The van der Waals surface area contributed by atoms with E-state index in [9.17, 15) is 5.26 Å². The number of nitrogens with one attached hydrogen (secondary N) is 1. The zero-order chi connectivity index (χ0) is 43.4. The van der Waals surface area contributed by atoms with Crippen molar-refractivity contribution in [3.05, 3.63) is 123 Å². The van der Waals surface area contributed by atoms with Crippen molar-refractivity contribution < 1.29 is 14.0 Å². The molecule has 0 spiro atoms. The summed E-state index contributed by atoms with van der Waals surface area (Å²) in [5.74, 6) is 0.575. The van der Waals surface area contributed by atoms with Gasteiger partial charge in [0.1, 0.15) is 17.5 Å². The van der Waals surface area contributed by atoms with E-state index in [4.69, 9.17) is 4.43 Å². The van der Waals surface area contributed by atoms with Crippen LogP contribution in [0.15, 0.2) is 72.8 Å². The van der Waals surface area contributed by atoms with E-state index < -0.39 is 8.32 Å². The second-order valence-electron chi connectivity index (χ2n) is 18.9. The largest absolute Gasteiger partial charge is 0.544 e. The number of aromatic nitrogens is 2. The summed E-state index contributed by atoms with van der Waals surface area (Å²) in [4.78, 5) is 37.0. The first-order chi connectivity index (χ1) is 29.1. The molecule has 0 unspecified atom stereocenters. The third-order valence-corrected chi connectivity index (χ3v) is 18.5. The molecule has 0 bridgehead atoms. The van der Waals surface area contributed by atoms with Gasteiger partial charge in [-0.3, -0.25) is 14.5 Å². The lowest BCUT2D eigenvalue weighted by Crippen LogP contribution is -2.49. The highest BCUT2D eigenvalue weighted by Gasteiger charge is 2.39. The van der Waals surface area contributed by atoms with Crippen LogP contribution in [-0.4, -0.2) is 71.3 Å². The van der Waals surface area contributed by atoms with Gasteiger partial charge in [0.15, 0.2) is 0 Å². The lowest BCUT2D eigenvalue weighted by molar-refractivity contribution is 0.0594. The Bertz CT molecular complexity index is 2530. The first-order valence-electron chi connectivity index (χ1n) is 21.9. The van der Waals surface area contributed by atoms with Crippen molar-refractivity contribution in [2.45, 2.75) is 97.6 Å². The van der Waals surface area contributed by atoms with Crippen molar-refractivity contribution in [3.8, 4) is 23.1 Å². The predicted octanol–water partition coefficient (Wildman–Crippen LogP) is 9.19. The number of carbonyl (C=O) groups excluding carboxylic acids is 2. The summed E-state index contributed by atoms with van der Waals surface area (Å²) in [5.41, 5.74) is 11.1. The molecule has 5 heterocycles. The van der Waals surface area contributed by atoms with Crippen molar-refractivity contribution in [1.29, 1.82) is 5.26 Å². The molecule has 318 valence electrons. The zero-order valence-electron chi connectivity index (χ0n) is 37.5. The molecule has 0 saturated carbocycles. The Labute approximate surface area is 362 Å². The van der Waals surface area contributed by atoms with E-state index in [0.29, 0.717) is 41.3 Å². The van der Waals surface area contributed by atoms with Crippen molar-refractivity contribution >= 4 is 31.5 Å². The monoisotopic (exact) mass is 835 g/mol. The Balaban J connectivity index is 1.21. The molecule has 10 nitrogen and oxygen atoms in total. The summed E-state index contributed by atoms with van der Waals surface area (Å²) in [6, 6.07) is 26.7. The number of hydrogen-bond acceptors (Lipinski definition) is 6. The molecular formula is C50H61N7O3Si. The summed E-state index contributed by atoms with van der Waals surface area (Å²) >= 11 is 0. The van der Waals surface area contributed by atoms with Crippen LogP contribution in [0.1, 0.15) is 93.7 Å². The Morgan fingerprint density at radius 1 is 0.885 bits per heavy atom. The predicted molar refractivity (Wildman–Crippen MR) is 246 cm³/mol. The van der Waals surface area contributed by atoms with Gasteiger partial charge in [-0.1, -0.05) is 45.0 Å². The van der Waals surface area contributed by atoms with Gasteiger partial charge in [-0.25, -0.2) is 0 Å². The van der Waals surface area contributed by atoms with E-state index >= 15 is 9.59 Å². The quantitative estimate of drug-likeness (QED) is 0.149. The van der Waals surface area contributed by atoms with Gasteiger partial charge in [0, 0.05) is 73.7 Å². The molecule has 2 amide bonds. The normalized spacial score (nSPS) is 16.9. The average molecular weight is 836 g/mol. The molecule has 5 aromatic rings. The molecule has 1 N–H and O–H groups in total. The zero-order valence-corrected chi connectivity index (χ0v) is 38.5. The SMILES string of the molecule is Cc1c(N(C(=O)c2cc(-c3cc4c(cc3C(=O)N3Cc5ccccc5C[C@H]3CN3CCCC3)CNCC4)n(C)c2C)c2ccc(O[Si](C)(C)C(C)(C)C)cc2)cc(C#N)n1C. The minimum atomic E-state index is -2.11. The van der Waals surface area contributed by atoms with Crippen LogP contribution in [0.2, 0.25) is 18.1 Å². The van der Waals surface area contributed by atoms with Crippen LogP contribution in [0.25, 0.3) is 11.3 Å². The number of amides is 2. The second-order valence-corrected chi connectivity index (χ2v) is 23.6. The molecule has 8 rings (SSSR count). The fraction of sp³-hybridized carbons (Fsp3) is 0.420. The molecule has 1 atom stereocenters. The highest BCUT2D eigenvalue weighted by Crippen LogP contribution is 2.40. The molecule has 3 aliphatic rings. The summed E-state index contributed by atoms with van der Waals surface area (Å²) in [6.45, 7) is 20.1. The van der Waals surface area contributed by atoms with Gasteiger partial charge in [0.25, 0.3) is 11.8 Å². The van der Waals surface area contributed by atoms with Gasteiger partial charge >= 0.3 is 0 Å². The van der Waals surface area contributed by atoms with Crippen LogP contribution < -0.4 is 14.6 Å². The van der Waals surface area contributed by atoms with Gasteiger partial charge in [0.2, 0.25) is 8.32 Å². The van der Waals surface area contributed by atoms with Crippen LogP contribution in [0.4, 0.5) is 11.4 Å². The van der Waals surface area contributed by atoms with E-state index in [-0.39, 0.29) is 22.9 Å². The second kappa shape index (κ2) is 16.5. The molecule has 3 aliphatic heterocycles. The van der Waals surface area contributed by atoms with Crippen LogP contribution in [0, 0.1) is 25.2 Å². The number of fused-ring (bicyclic) bond motifs is 2. The third-order valence-electron chi connectivity index (χ3n) is 14.1. The minimum absolute atomic E-state index is 0.0268. The molecule has 11 heteroatoms. The molecule has 3 aromatic carbocycles. The maximum absolute atomic E-state index is 15.3. The van der Waals surface area contributed by atoms with Crippen molar-refractivity contribution in [3.63, 3.8) is 0 Å². The smallest absolute Gasteiger partial charge is 0.264 e. The van der Waals surface area contributed by atoms with Crippen molar-refractivity contribution in [1.82, 2.24) is 24.3 Å². The van der Waals surface area contributed by atoms with Gasteiger partial charge in [0.05, 0.1) is 11.3 Å². The summed E-state index contributed by atoms with van der Waals surface area (Å²) < 4.78 is 10.5. The fourth-order valence-electron chi connectivity index (χ4n) is 9.12. The van der Waals surface area contributed by atoms with Gasteiger partial charge in [-0.05, 0) is 148 Å². The number of rotatable bonds is 9. The molecule has 1 saturated heterocycles. The van der Waals surface area contributed by atoms with Gasteiger partial charge in [-0.15, -0.1) is 0 Å². The Morgan fingerprint density at radius 2 is 1.59 bits per heavy atom. The van der Waals surface area contributed by atoms with Gasteiger partial charge in [-0.2, -0.15) is 5.26 Å². The lowest BCUT2D eigenvalue weighted by Gasteiger charge is -2.39. The first kappa shape index (κ1) is 42.3.